The van der Waals surface area contributed by atoms with Gasteiger partial charge in [0.2, 0.25) is 11.8 Å². The number of imidazole rings is 1. The van der Waals surface area contributed by atoms with Gasteiger partial charge in [0.05, 0.1) is 6.54 Å². The molecule has 1 aliphatic rings. The minimum Gasteiger partial charge on any atom is -0.355 e. The predicted octanol–water partition coefficient (Wildman–Crippen LogP) is 1.27. The van der Waals surface area contributed by atoms with Crippen LogP contribution in [-0.2, 0) is 29.1 Å². The molecule has 0 spiro atoms. The molecule has 2 heterocycles. The number of carbonyl (C=O) groups is 2. The fraction of sp³-hybridized carbons (Fsp3) is 0.389. The summed E-state index contributed by atoms with van der Waals surface area (Å²) in [6.45, 7) is 3.36. The molecule has 6 heteroatoms. The van der Waals surface area contributed by atoms with Crippen molar-refractivity contribution in [1.82, 2.24) is 20.2 Å². The van der Waals surface area contributed by atoms with Gasteiger partial charge in [-0.2, -0.15) is 0 Å². The van der Waals surface area contributed by atoms with Gasteiger partial charge in [0.25, 0.3) is 0 Å². The maximum atomic E-state index is 12.4. The zero-order valence-electron chi connectivity index (χ0n) is 13.8. The summed E-state index contributed by atoms with van der Waals surface area (Å²) < 4.78 is 2.03. The number of carbonyl (C=O) groups excluding carboxylic acids is 2. The standard InChI is InChI=1S/C18H22N4O2/c1-18(8-9-20-16(18)23)17(24)21-13-15-19-10-12-22(15)11-7-14-5-3-2-4-6-14/h2-6,10,12H,7-9,11,13H2,1H3,(H,20,23)(H,21,24)/t18-/m1/s1. The largest absolute Gasteiger partial charge is 0.355 e. The maximum Gasteiger partial charge on any atom is 0.235 e. The maximum absolute atomic E-state index is 12.4. The Balaban J connectivity index is 1.58. The number of hydrogen-bond acceptors (Lipinski definition) is 3. The van der Waals surface area contributed by atoms with Gasteiger partial charge in [-0.25, -0.2) is 4.98 Å². The Kier molecular flexibility index (Phi) is 4.64. The first-order valence-corrected chi connectivity index (χ1v) is 8.20. The van der Waals surface area contributed by atoms with E-state index in [4.69, 9.17) is 0 Å². The Hall–Kier alpha value is -2.63. The van der Waals surface area contributed by atoms with Gasteiger partial charge in [-0.3, -0.25) is 9.59 Å². The van der Waals surface area contributed by atoms with Crippen LogP contribution in [0, 0.1) is 5.41 Å². The van der Waals surface area contributed by atoms with E-state index in [0.29, 0.717) is 19.5 Å². The summed E-state index contributed by atoms with van der Waals surface area (Å²) in [5.41, 5.74) is 0.290. The van der Waals surface area contributed by atoms with E-state index in [1.165, 1.54) is 5.56 Å². The molecule has 2 aromatic rings. The van der Waals surface area contributed by atoms with Crippen LogP contribution in [0.5, 0.6) is 0 Å². The molecule has 1 fully saturated rings. The number of aromatic nitrogens is 2. The summed E-state index contributed by atoms with van der Waals surface area (Å²) in [5, 5.41) is 5.57. The molecular weight excluding hydrogens is 304 g/mol. The highest BCUT2D eigenvalue weighted by atomic mass is 16.2. The lowest BCUT2D eigenvalue weighted by molar-refractivity contribution is -0.139. The molecule has 1 aliphatic heterocycles. The van der Waals surface area contributed by atoms with Crippen molar-refractivity contribution >= 4 is 11.8 Å². The molecule has 24 heavy (non-hydrogen) atoms. The number of rotatable bonds is 6. The number of nitrogens with zero attached hydrogens (tertiary/aromatic N) is 2. The van der Waals surface area contributed by atoms with Gasteiger partial charge >= 0.3 is 0 Å². The van der Waals surface area contributed by atoms with E-state index in [0.717, 1.165) is 18.8 Å². The fourth-order valence-electron chi connectivity index (χ4n) is 2.91. The van der Waals surface area contributed by atoms with Crippen molar-refractivity contribution in [2.24, 2.45) is 5.41 Å². The summed E-state index contributed by atoms with van der Waals surface area (Å²) >= 11 is 0. The fourth-order valence-corrected chi connectivity index (χ4v) is 2.91. The second-order valence-corrected chi connectivity index (χ2v) is 6.29. The topological polar surface area (TPSA) is 76.0 Å². The number of benzene rings is 1. The molecule has 0 unspecified atom stereocenters. The third-order valence-electron chi connectivity index (χ3n) is 4.61. The van der Waals surface area contributed by atoms with Crippen molar-refractivity contribution in [2.75, 3.05) is 6.54 Å². The molecule has 3 rings (SSSR count). The predicted molar refractivity (Wildman–Crippen MR) is 90.0 cm³/mol. The molecule has 0 bridgehead atoms. The van der Waals surface area contributed by atoms with Crippen molar-refractivity contribution in [3.05, 3.63) is 54.1 Å². The highest BCUT2D eigenvalue weighted by molar-refractivity contribution is 6.05. The van der Waals surface area contributed by atoms with Gasteiger partial charge < -0.3 is 15.2 Å². The molecule has 2 N–H and O–H groups in total. The second kappa shape index (κ2) is 6.86. The van der Waals surface area contributed by atoms with Crippen molar-refractivity contribution in [3.8, 4) is 0 Å². The van der Waals surface area contributed by atoms with Crippen molar-refractivity contribution in [1.29, 1.82) is 0 Å². The Morgan fingerprint density at radius 3 is 2.88 bits per heavy atom. The molecule has 1 atom stereocenters. The van der Waals surface area contributed by atoms with E-state index in [2.05, 4.69) is 27.8 Å². The third-order valence-corrected chi connectivity index (χ3v) is 4.61. The van der Waals surface area contributed by atoms with E-state index in [-0.39, 0.29) is 11.8 Å². The first-order valence-electron chi connectivity index (χ1n) is 8.20. The second-order valence-electron chi connectivity index (χ2n) is 6.29. The number of amides is 2. The molecule has 1 aromatic heterocycles. The third kappa shape index (κ3) is 3.32. The molecule has 6 nitrogen and oxygen atoms in total. The van der Waals surface area contributed by atoms with Crippen LogP contribution in [0.2, 0.25) is 0 Å². The zero-order valence-corrected chi connectivity index (χ0v) is 13.8. The highest BCUT2D eigenvalue weighted by Gasteiger charge is 2.44. The normalized spacial score (nSPS) is 20.0. The minimum atomic E-state index is -0.971. The summed E-state index contributed by atoms with van der Waals surface area (Å²) in [7, 11) is 0. The summed E-state index contributed by atoms with van der Waals surface area (Å²) in [5.74, 6) is 0.351. The molecular formula is C18H22N4O2. The van der Waals surface area contributed by atoms with Crippen LogP contribution in [0.25, 0.3) is 0 Å². The number of nitrogens with one attached hydrogen (secondary N) is 2. The lowest BCUT2D eigenvalue weighted by Crippen LogP contribution is -2.43. The minimum absolute atomic E-state index is 0.201. The first kappa shape index (κ1) is 16.2. The highest BCUT2D eigenvalue weighted by Crippen LogP contribution is 2.26. The average molecular weight is 326 g/mol. The van der Waals surface area contributed by atoms with Crippen LogP contribution in [0.15, 0.2) is 42.7 Å². The van der Waals surface area contributed by atoms with Crippen LogP contribution < -0.4 is 10.6 Å². The monoisotopic (exact) mass is 326 g/mol. The van der Waals surface area contributed by atoms with Crippen molar-refractivity contribution in [3.63, 3.8) is 0 Å². The first-order chi connectivity index (χ1) is 11.6. The van der Waals surface area contributed by atoms with Gasteiger partial charge in [-0.05, 0) is 25.3 Å². The van der Waals surface area contributed by atoms with Gasteiger partial charge in [0, 0.05) is 25.5 Å². The van der Waals surface area contributed by atoms with Crippen LogP contribution in [0.4, 0.5) is 0 Å². The molecule has 0 aliphatic carbocycles. The van der Waals surface area contributed by atoms with Gasteiger partial charge in [0.1, 0.15) is 11.2 Å². The Morgan fingerprint density at radius 2 is 2.17 bits per heavy atom. The van der Waals surface area contributed by atoms with E-state index in [9.17, 15) is 9.59 Å². The van der Waals surface area contributed by atoms with Crippen LogP contribution in [0.1, 0.15) is 24.7 Å². The van der Waals surface area contributed by atoms with Crippen LogP contribution in [0.3, 0.4) is 0 Å². The number of hydrogen-bond donors (Lipinski definition) is 2. The average Bonchev–Trinajstić information content (AvgIpc) is 3.19. The van der Waals surface area contributed by atoms with Gasteiger partial charge in [-0.1, -0.05) is 30.3 Å². The zero-order chi connectivity index (χ0) is 17.0. The quantitative estimate of drug-likeness (QED) is 0.785. The summed E-state index contributed by atoms with van der Waals surface area (Å²) in [4.78, 5) is 28.5. The van der Waals surface area contributed by atoms with E-state index in [1.54, 1.807) is 13.1 Å². The molecule has 126 valence electrons. The lowest BCUT2D eigenvalue weighted by atomic mass is 9.88. The summed E-state index contributed by atoms with van der Waals surface area (Å²) in [6, 6.07) is 10.2. The molecule has 1 saturated heterocycles. The lowest BCUT2D eigenvalue weighted by Gasteiger charge is -2.19. The Morgan fingerprint density at radius 1 is 1.38 bits per heavy atom. The van der Waals surface area contributed by atoms with Crippen molar-refractivity contribution < 1.29 is 9.59 Å². The van der Waals surface area contributed by atoms with Crippen molar-refractivity contribution in [2.45, 2.75) is 32.9 Å². The van der Waals surface area contributed by atoms with E-state index in [1.807, 2.05) is 29.0 Å². The molecule has 0 saturated carbocycles. The number of aryl methyl sites for hydroxylation is 2. The van der Waals surface area contributed by atoms with Crippen LogP contribution in [-0.4, -0.2) is 27.9 Å². The van der Waals surface area contributed by atoms with Gasteiger partial charge in [-0.15, -0.1) is 0 Å². The SMILES string of the molecule is C[C@@]1(C(=O)NCc2nccn2CCc2ccccc2)CCNC1=O. The van der Waals surface area contributed by atoms with E-state index >= 15 is 0 Å². The molecule has 0 radical (unpaired) electrons. The van der Waals surface area contributed by atoms with Gasteiger partial charge in [0.15, 0.2) is 0 Å². The smallest absolute Gasteiger partial charge is 0.235 e. The van der Waals surface area contributed by atoms with E-state index < -0.39 is 5.41 Å². The molecule has 1 aromatic carbocycles. The Labute approximate surface area is 141 Å². The molecule has 2 amide bonds. The van der Waals surface area contributed by atoms with Crippen LogP contribution >= 0.6 is 0 Å². The Bertz CT molecular complexity index is 726. The summed E-state index contributed by atoms with van der Waals surface area (Å²) in [6.07, 6.45) is 5.07.